The maximum Gasteiger partial charge on any atom is -0.101 e. The number of carbonyl (C=O) groups excluding carboxylic acids is 3. The molecule has 0 unspecified atom stereocenters. The third-order valence-electron chi connectivity index (χ3n) is 10.8. The summed E-state index contributed by atoms with van der Waals surface area (Å²) in [6, 6.07) is 25.9. The van der Waals surface area contributed by atoms with Gasteiger partial charge in [-0.15, -0.1) is 17.4 Å². The van der Waals surface area contributed by atoms with Crippen LogP contribution in [0.15, 0.2) is 107 Å². The molecule has 0 saturated heterocycles. The van der Waals surface area contributed by atoms with Crippen LogP contribution in [-0.2, 0) is 42.4 Å². The maximum atomic E-state index is 13.5. The largest absolute Gasteiger partial charge is 0.101 e. The molecule has 2 amide bonds. The summed E-state index contributed by atoms with van der Waals surface area (Å²) >= 11 is -0.780. The molecule has 4 aromatic carbocycles. The fourth-order valence-corrected chi connectivity index (χ4v) is 10.5. The number of hydrogen-bond acceptors (Lipinski definition) is 14. The molecule has 4 rings (SSSR count). The first-order valence-corrected chi connectivity index (χ1v) is 28.6. The van der Waals surface area contributed by atoms with Gasteiger partial charge in [0.2, 0.25) is 20.0 Å². The van der Waals surface area contributed by atoms with E-state index in [2.05, 4.69) is 22.4 Å². The third-order valence-corrected chi connectivity index (χ3v) is 14.4. The van der Waals surface area contributed by atoms with E-state index in [-0.39, 0.29) is 78.0 Å². The second-order valence-corrected chi connectivity index (χ2v) is 24.4. The molecule has 18 nitrogen and oxygen atoms in total. The number of aliphatic hydroxyl groups is 2. The smallest absolute Gasteiger partial charge is 0.101 e. The summed E-state index contributed by atoms with van der Waals surface area (Å²) in [6.07, 6.45) is -2.85. The number of nitriles is 1. The number of sulfonamides is 2. The van der Waals surface area contributed by atoms with Crippen LogP contribution in [0.1, 0.15) is 96.3 Å². The summed E-state index contributed by atoms with van der Waals surface area (Å²) in [4.78, 5) is 36.3. The number of aliphatic hydroxyl groups excluding tert-OH is 2. The molecule has 4 N–H and O–H groups in total. The first kappa shape index (κ1) is 68.4. The van der Waals surface area contributed by atoms with Gasteiger partial charge >= 0.3 is 40.7 Å². The summed E-state index contributed by atoms with van der Waals surface area (Å²) in [5, 5.41) is 36.9. The number of ether oxygens (including phenoxy) is 4. The van der Waals surface area contributed by atoms with Gasteiger partial charge in [-0.2, -0.15) is 13.9 Å². The number of nitrogens with zero attached hydrogens (tertiary/aromatic N) is 3. The quantitative estimate of drug-likeness (QED) is 0.0370. The molecular formula is C54H80AlBIN5O13S2-. The maximum absolute atomic E-state index is 13.5. The number of alkyl carbamates (subject to hydrolysis) is 2. The van der Waals surface area contributed by atoms with E-state index in [1.165, 1.54) is 47.1 Å². The van der Waals surface area contributed by atoms with E-state index in [4.69, 9.17) is 24.8 Å². The molecule has 4 atom stereocenters. The number of carbonyl (C=O) groups is 3. The normalized spacial score (nSPS) is 13.4. The molecule has 0 aliphatic rings. The minimum absolute atomic E-state index is 0. The van der Waals surface area contributed by atoms with Gasteiger partial charge in [-0.25, -0.2) is 26.4 Å². The van der Waals surface area contributed by atoms with Gasteiger partial charge in [-0.1, -0.05) is 64.1 Å². The summed E-state index contributed by atoms with van der Waals surface area (Å²) in [5.74, 6) is 1.01. The van der Waals surface area contributed by atoms with Crippen molar-refractivity contribution in [3.63, 3.8) is 0 Å². The van der Waals surface area contributed by atoms with Crippen molar-refractivity contribution in [2.45, 2.75) is 127 Å². The minimum atomic E-state index is -3.95. The Morgan fingerprint density at radius 3 is 1.26 bits per heavy atom. The molecule has 4 aromatic rings. The predicted molar refractivity (Wildman–Crippen MR) is 314 cm³/mol. The van der Waals surface area contributed by atoms with E-state index < -0.39 is 89.9 Å². The number of rotatable bonds is 23. The molecule has 0 saturated carbocycles. The molecule has 0 heterocycles. The van der Waals surface area contributed by atoms with E-state index >= 15 is 0 Å². The van der Waals surface area contributed by atoms with Crippen molar-refractivity contribution in [3.8, 4) is 17.6 Å². The number of methoxy groups -OCH3 is 2. The number of hydrogen-bond donors (Lipinski definition) is 4. The van der Waals surface area contributed by atoms with Crippen LogP contribution < -0.4 is 20.1 Å². The molecule has 77 heavy (non-hydrogen) atoms. The van der Waals surface area contributed by atoms with Gasteiger partial charge in [-0.3, -0.25) is 4.79 Å². The van der Waals surface area contributed by atoms with Gasteiger partial charge in [0.25, 0.3) is 0 Å². The van der Waals surface area contributed by atoms with E-state index in [0.717, 1.165) is 17.4 Å². The van der Waals surface area contributed by atoms with Crippen LogP contribution in [0.5, 0.6) is 11.5 Å². The number of halogens is 1. The monoisotopic (exact) mass is 1240 g/mol. The van der Waals surface area contributed by atoms with E-state index in [1.54, 1.807) is 114 Å². The standard InChI is InChI=1S/C27H37N3O6S.C27H38N2O7S.Al.BH2I.3H/c1-19(2)17-30(37(33,34)23-13-11-22(35-6)12-14-23)18-25(31)24(29-26(32)36-27(3,4)5)15-20-7-9-21(16-28)10-8-20;1-19(2)16-29(37(33,34)23-13-11-22(35-6)12-14-23)17-25(31)24(28-26(32)36-27(3,4)5)15-20-7-9-21(18-30)10-8-20;;1-2;;;/h7-14,19,24-25,31H,15,17-18H2,1-6H3,(H,29,32);7-14,18-19,24-25,31H,15-17H2,1-6H3,(H,28,32);;2H2;;;/q;;-1;;;;/t2*24-,25+;;;;;/m00...../s1/i;;;2D;;;. The van der Waals surface area contributed by atoms with Crippen molar-refractivity contribution in [2.24, 2.45) is 11.8 Å². The Hall–Kier alpha value is -4.75. The number of aldehydes is 1. The van der Waals surface area contributed by atoms with Crippen LogP contribution in [0, 0.1) is 23.2 Å². The van der Waals surface area contributed by atoms with Gasteiger partial charge in [0.15, 0.2) is 0 Å². The molecule has 425 valence electrons. The fourth-order valence-electron chi connectivity index (χ4n) is 7.26. The summed E-state index contributed by atoms with van der Waals surface area (Å²) < 4.78 is 83.5. The summed E-state index contributed by atoms with van der Waals surface area (Å²) in [5.41, 5.74) is 5.61. The fraction of sp³-hybridized carbons (Fsp3) is 0.481. The molecule has 3 radical (unpaired) electrons. The molecule has 0 bridgehead atoms. The molecular weight excluding hydrogens is 1160 g/mol. The number of benzene rings is 4. The van der Waals surface area contributed by atoms with Crippen LogP contribution in [-0.4, -0.2) is 154 Å². The zero-order chi connectivity index (χ0) is 58.3. The van der Waals surface area contributed by atoms with Crippen molar-refractivity contribution in [1.82, 2.24) is 19.2 Å². The van der Waals surface area contributed by atoms with Crippen molar-refractivity contribution in [2.75, 3.05) is 40.4 Å². The second kappa shape index (κ2) is 33.0. The molecule has 0 aliphatic heterocycles. The Morgan fingerprint density at radius 2 is 0.987 bits per heavy atom. The van der Waals surface area contributed by atoms with E-state index in [0.29, 0.717) is 22.6 Å². The first-order chi connectivity index (χ1) is 35.9. The topological polar surface area (TPSA) is 251 Å². The van der Waals surface area contributed by atoms with Crippen LogP contribution in [0.25, 0.3) is 0 Å². The minimum Gasteiger partial charge on any atom is -0.101 e. The van der Waals surface area contributed by atoms with Gasteiger partial charge in [0, 0.05) is 31.7 Å². The zero-order valence-corrected chi connectivity index (χ0v) is 49.5. The Bertz CT molecular complexity index is 2710. The molecule has 0 spiro atoms. The predicted octanol–water partition coefficient (Wildman–Crippen LogP) is 6.15. The van der Waals surface area contributed by atoms with Crippen LogP contribution in [0.3, 0.4) is 0 Å². The number of amides is 2. The van der Waals surface area contributed by atoms with Crippen LogP contribution in [0.4, 0.5) is 9.59 Å². The zero-order valence-electron chi connectivity index (χ0n) is 46.6. The summed E-state index contributed by atoms with van der Waals surface area (Å²) in [6.45, 7) is 17.7. The molecule has 23 heteroatoms. The van der Waals surface area contributed by atoms with Crippen molar-refractivity contribution in [3.05, 3.63) is 119 Å². The van der Waals surface area contributed by atoms with E-state index in [9.17, 15) is 41.4 Å². The summed E-state index contributed by atoms with van der Waals surface area (Å²) in [7, 11) is -4.91. The van der Waals surface area contributed by atoms with Crippen molar-refractivity contribution >= 4 is 83.8 Å². The molecule has 0 fully saturated rings. The van der Waals surface area contributed by atoms with Gasteiger partial charge in [0.05, 0.1) is 59.9 Å². The van der Waals surface area contributed by atoms with E-state index in [1.807, 2.05) is 27.7 Å². The third kappa shape index (κ3) is 24.9. The molecule has 0 aliphatic carbocycles. The second-order valence-electron chi connectivity index (χ2n) is 20.5. The van der Waals surface area contributed by atoms with Crippen molar-refractivity contribution < 1.29 is 60.4 Å². The SMILES string of the molecule is COc1ccc(S(=O)(=O)N(CC(C)C)C[C@@H](O)[C@H](Cc2ccc(C#N)cc2)NC(=O)OC(C)(C)C)cc1.COc1ccc(S(=O)(=O)N(CC(C)C)C[C@@H](O)[C@H](Cc2ccc(C=O)cc2)NC(=O)OC(C)(C)C)cc1.[2H][IH][B].[AlH3-]. The van der Waals surface area contributed by atoms with Crippen molar-refractivity contribution in [1.29, 1.82) is 5.86 Å². The Labute approximate surface area is 482 Å². The Kier molecular flexibility index (Phi) is 29.3. The van der Waals surface area contributed by atoms with Crippen LogP contribution >= 0.6 is 22.2 Å². The molecule has 0 aromatic heterocycles. The number of nitrogens with one attached hydrogen (secondary N) is 2. The Balaban J connectivity index is 0.000000733. The average molecular weight is 1240 g/mol. The first-order valence-electron chi connectivity index (χ1n) is 24.8. The Morgan fingerprint density at radius 1 is 0.662 bits per heavy atom. The van der Waals surface area contributed by atoms with Crippen LogP contribution in [0.2, 0.25) is 0 Å². The van der Waals surface area contributed by atoms with Gasteiger partial charge in [0.1, 0.15) is 29.0 Å². The van der Waals surface area contributed by atoms with Gasteiger partial charge < -0.3 is 39.8 Å². The average Bonchev–Trinajstić information content (AvgIpc) is 3.35. The van der Waals surface area contributed by atoms with Gasteiger partial charge in [-0.05, 0) is 138 Å².